The van der Waals surface area contributed by atoms with Gasteiger partial charge < -0.3 is 4.74 Å². The average molecular weight is 141 g/mol. The van der Waals surface area contributed by atoms with E-state index in [0.29, 0.717) is 6.61 Å². The van der Waals surface area contributed by atoms with Crippen LogP contribution < -0.4 is 0 Å². The zero-order valence-corrected chi connectivity index (χ0v) is 6.35. The van der Waals surface area contributed by atoms with Gasteiger partial charge in [-0.2, -0.15) is 0 Å². The van der Waals surface area contributed by atoms with Gasteiger partial charge in [0, 0.05) is 0 Å². The Morgan fingerprint density at radius 3 is 2.70 bits per heavy atom. The first-order chi connectivity index (χ1) is 4.84. The summed E-state index contributed by atoms with van der Waals surface area (Å²) in [6, 6.07) is 0. The van der Waals surface area contributed by atoms with Crippen molar-refractivity contribution < 1.29 is 9.53 Å². The van der Waals surface area contributed by atoms with E-state index in [4.69, 9.17) is 4.74 Å². The van der Waals surface area contributed by atoms with Crippen molar-refractivity contribution in [1.82, 2.24) is 0 Å². The van der Waals surface area contributed by atoms with E-state index in [0.717, 1.165) is 31.6 Å². The molecule has 57 valence electrons. The second-order valence-corrected chi connectivity index (χ2v) is 2.59. The molecule has 0 aliphatic heterocycles. The number of hydrogen-bond donors (Lipinski definition) is 0. The summed E-state index contributed by atoms with van der Waals surface area (Å²) in [6.07, 6.45) is 4.00. The third kappa shape index (κ3) is 1.72. The van der Waals surface area contributed by atoms with Crippen molar-refractivity contribution in [3.05, 3.63) is 5.92 Å². The van der Waals surface area contributed by atoms with E-state index in [1.54, 1.807) is 0 Å². The normalized spacial score (nSPS) is 18.1. The molecule has 1 aliphatic carbocycles. The average Bonchev–Trinajstić information content (AvgIpc) is 1.79. The standard InChI is InChI=1S/C8H13O2/c1-2-6-10-8(9)7-4-3-5-7/h2-6H2,1H3. The van der Waals surface area contributed by atoms with Crippen LogP contribution in [0.15, 0.2) is 0 Å². The molecule has 1 rings (SSSR count). The molecule has 0 saturated heterocycles. The zero-order valence-electron chi connectivity index (χ0n) is 6.35. The molecule has 0 unspecified atom stereocenters. The Morgan fingerprint density at radius 2 is 2.30 bits per heavy atom. The smallest absolute Gasteiger partial charge is 0.313 e. The molecule has 2 nitrogen and oxygen atoms in total. The van der Waals surface area contributed by atoms with Gasteiger partial charge >= 0.3 is 5.97 Å². The minimum atomic E-state index is -0.0619. The van der Waals surface area contributed by atoms with Crippen LogP contribution in [0, 0.1) is 5.92 Å². The van der Waals surface area contributed by atoms with E-state index in [9.17, 15) is 4.79 Å². The van der Waals surface area contributed by atoms with Gasteiger partial charge in [0.05, 0.1) is 12.5 Å². The molecule has 0 bridgehead atoms. The van der Waals surface area contributed by atoms with Crippen molar-refractivity contribution in [2.45, 2.75) is 32.6 Å². The molecule has 0 N–H and O–H groups in total. The van der Waals surface area contributed by atoms with Crippen LogP contribution in [0.1, 0.15) is 32.6 Å². The number of ether oxygens (including phenoxy) is 1. The molecular formula is C8H13O2. The predicted octanol–water partition coefficient (Wildman–Crippen LogP) is 1.70. The summed E-state index contributed by atoms with van der Waals surface area (Å²) in [7, 11) is 0. The quantitative estimate of drug-likeness (QED) is 0.559. The molecule has 0 aromatic carbocycles. The first kappa shape index (κ1) is 7.58. The lowest BCUT2D eigenvalue weighted by Gasteiger charge is -2.21. The van der Waals surface area contributed by atoms with Crippen LogP contribution in [-0.4, -0.2) is 12.6 Å². The van der Waals surface area contributed by atoms with Gasteiger partial charge in [-0.05, 0) is 19.3 Å². The molecule has 0 spiro atoms. The fourth-order valence-corrected chi connectivity index (χ4v) is 0.854. The number of rotatable bonds is 3. The third-order valence-corrected chi connectivity index (χ3v) is 1.68. The van der Waals surface area contributed by atoms with Crippen LogP contribution in [0.5, 0.6) is 0 Å². The monoisotopic (exact) mass is 141 g/mol. The van der Waals surface area contributed by atoms with Gasteiger partial charge in [0.2, 0.25) is 0 Å². The minimum absolute atomic E-state index is 0.0619. The van der Waals surface area contributed by atoms with E-state index in [1.807, 2.05) is 6.92 Å². The highest BCUT2D eigenvalue weighted by atomic mass is 16.5. The molecule has 0 aromatic rings. The number of esters is 1. The maximum absolute atomic E-state index is 10.9. The Labute approximate surface area is 61.6 Å². The van der Waals surface area contributed by atoms with E-state index in [2.05, 4.69) is 0 Å². The van der Waals surface area contributed by atoms with Gasteiger partial charge in [0.25, 0.3) is 0 Å². The van der Waals surface area contributed by atoms with Gasteiger partial charge in [-0.1, -0.05) is 13.3 Å². The number of hydrogen-bond acceptors (Lipinski definition) is 2. The van der Waals surface area contributed by atoms with Crippen LogP contribution in [0.25, 0.3) is 0 Å². The highest BCUT2D eigenvalue weighted by molar-refractivity contribution is 5.85. The fraction of sp³-hybridized carbons (Fsp3) is 0.750. The summed E-state index contributed by atoms with van der Waals surface area (Å²) in [5, 5.41) is 0. The Kier molecular flexibility index (Phi) is 2.72. The second-order valence-electron chi connectivity index (χ2n) is 2.59. The van der Waals surface area contributed by atoms with Crippen LogP contribution >= 0.6 is 0 Å². The lowest BCUT2D eigenvalue weighted by Crippen LogP contribution is -2.22. The Balaban J connectivity index is 2.08. The molecule has 10 heavy (non-hydrogen) atoms. The molecule has 1 fully saturated rings. The Hall–Kier alpha value is -0.530. The summed E-state index contributed by atoms with van der Waals surface area (Å²) < 4.78 is 4.92. The molecule has 0 amide bonds. The van der Waals surface area contributed by atoms with Crippen LogP contribution in [0.2, 0.25) is 0 Å². The molecule has 1 saturated carbocycles. The van der Waals surface area contributed by atoms with Gasteiger partial charge in [-0.25, -0.2) is 0 Å². The maximum atomic E-state index is 10.9. The Morgan fingerprint density at radius 1 is 1.60 bits per heavy atom. The molecule has 1 radical (unpaired) electrons. The molecule has 0 heterocycles. The highest BCUT2D eigenvalue weighted by Gasteiger charge is 2.27. The van der Waals surface area contributed by atoms with Gasteiger partial charge in [-0.3, -0.25) is 4.79 Å². The molecule has 2 heteroatoms. The molecular weight excluding hydrogens is 128 g/mol. The summed E-state index contributed by atoms with van der Waals surface area (Å²) in [6.45, 7) is 2.57. The van der Waals surface area contributed by atoms with E-state index < -0.39 is 0 Å². The predicted molar refractivity (Wildman–Crippen MR) is 38.3 cm³/mol. The minimum Gasteiger partial charge on any atom is -0.465 e. The number of carbonyl (C=O) groups is 1. The summed E-state index contributed by atoms with van der Waals surface area (Å²) in [5.41, 5.74) is 0. The Bertz CT molecular complexity index is 116. The van der Waals surface area contributed by atoms with Crippen LogP contribution in [0.4, 0.5) is 0 Å². The van der Waals surface area contributed by atoms with Crippen molar-refractivity contribution >= 4 is 5.97 Å². The van der Waals surface area contributed by atoms with Gasteiger partial charge in [-0.15, -0.1) is 0 Å². The van der Waals surface area contributed by atoms with Gasteiger partial charge in [0.15, 0.2) is 0 Å². The van der Waals surface area contributed by atoms with E-state index in [-0.39, 0.29) is 5.97 Å². The van der Waals surface area contributed by atoms with Crippen molar-refractivity contribution in [3.8, 4) is 0 Å². The lowest BCUT2D eigenvalue weighted by atomic mass is 9.86. The first-order valence-corrected chi connectivity index (χ1v) is 3.86. The van der Waals surface area contributed by atoms with Crippen molar-refractivity contribution in [3.63, 3.8) is 0 Å². The van der Waals surface area contributed by atoms with E-state index in [1.165, 1.54) is 0 Å². The molecule has 0 aromatic heterocycles. The first-order valence-electron chi connectivity index (χ1n) is 3.86. The highest BCUT2D eigenvalue weighted by Crippen LogP contribution is 2.29. The van der Waals surface area contributed by atoms with Crippen LogP contribution in [0.3, 0.4) is 0 Å². The van der Waals surface area contributed by atoms with E-state index >= 15 is 0 Å². The third-order valence-electron chi connectivity index (χ3n) is 1.68. The summed E-state index contributed by atoms with van der Waals surface area (Å²) in [5.74, 6) is 0.918. The fourth-order valence-electron chi connectivity index (χ4n) is 0.854. The SMILES string of the molecule is CCCOC(=O)[C]1CCC1. The van der Waals surface area contributed by atoms with Crippen LogP contribution in [-0.2, 0) is 9.53 Å². The molecule has 1 aliphatic rings. The van der Waals surface area contributed by atoms with Crippen molar-refractivity contribution in [2.75, 3.05) is 6.61 Å². The van der Waals surface area contributed by atoms with Crippen molar-refractivity contribution in [2.24, 2.45) is 0 Å². The number of carbonyl (C=O) groups excluding carboxylic acids is 1. The molecule has 0 atom stereocenters. The topological polar surface area (TPSA) is 26.3 Å². The zero-order chi connectivity index (χ0) is 7.40. The van der Waals surface area contributed by atoms with Crippen molar-refractivity contribution in [1.29, 1.82) is 0 Å². The summed E-state index contributed by atoms with van der Waals surface area (Å²) in [4.78, 5) is 10.9. The second kappa shape index (κ2) is 3.59. The largest absolute Gasteiger partial charge is 0.465 e. The summed E-state index contributed by atoms with van der Waals surface area (Å²) >= 11 is 0. The maximum Gasteiger partial charge on any atom is 0.313 e. The lowest BCUT2D eigenvalue weighted by molar-refractivity contribution is -0.142. The van der Waals surface area contributed by atoms with Gasteiger partial charge in [0.1, 0.15) is 0 Å².